The van der Waals surface area contributed by atoms with Crippen LogP contribution in [0.15, 0.2) is 54.7 Å². The molecule has 25 heavy (non-hydrogen) atoms. The first-order valence-electron chi connectivity index (χ1n) is 8.93. The van der Waals surface area contributed by atoms with Crippen molar-refractivity contribution in [2.24, 2.45) is 0 Å². The maximum absolute atomic E-state index is 6.00. The minimum absolute atomic E-state index is 0.377. The molecule has 1 fully saturated rings. The third-order valence-electron chi connectivity index (χ3n) is 4.85. The number of aromatic nitrogens is 1. The monoisotopic (exact) mass is 354 g/mol. The molecule has 2 aromatic carbocycles. The van der Waals surface area contributed by atoms with E-state index in [2.05, 4.69) is 52.5 Å². The van der Waals surface area contributed by atoms with Crippen LogP contribution in [0.2, 0.25) is 5.02 Å². The summed E-state index contributed by atoms with van der Waals surface area (Å²) in [5, 5.41) is 5.66. The van der Waals surface area contributed by atoms with E-state index in [-0.39, 0.29) is 0 Å². The summed E-state index contributed by atoms with van der Waals surface area (Å²) in [5.41, 5.74) is 3.86. The molecule has 0 amide bonds. The van der Waals surface area contributed by atoms with Crippen molar-refractivity contribution in [1.29, 1.82) is 0 Å². The lowest BCUT2D eigenvalue weighted by Gasteiger charge is -2.10. The molecule has 1 aromatic heterocycles. The van der Waals surface area contributed by atoms with E-state index in [0.717, 1.165) is 31.3 Å². The predicted molar refractivity (Wildman–Crippen MR) is 103 cm³/mol. The molecule has 1 aliphatic heterocycles. The molecule has 1 N–H and O–H groups in total. The third kappa shape index (κ3) is 3.90. The van der Waals surface area contributed by atoms with Crippen LogP contribution in [0.5, 0.6) is 0 Å². The fraction of sp³-hybridized carbons (Fsp3) is 0.333. The van der Waals surface area contributed by atoms with E-state index < -0.39 is 0 Å². The number of halogens is 1. The van der Waals surface area contributed by atoms with Gasteiger partial charge in [0, 0.05) is 48.4 Å². The molecule has 1 saturated heterocycles. The number of nitrogens with one attached hydrogen (secondary N) is 1. The second kappa shape index (κ2) is 7.61. The van der Waals surface area contributed by atoms with Crippen molar-refractivity contribution in [3.05, 3.63) is 70.9 Å². The fourth-order valence-electron chi connectivity index (χ4n) is 3.55. The van der Waals surface area contributed by atoms with Crippen LogP contribution in [0.4, 0.5) is 0 Å². The number of nitrogens with zero attached hydrogens (tertiary/aromatic N) is 1. The lowest BCUT2D eigenvalue weighted by atomic mass is 10.1. The molecular weight excluding hydrogens is 332 g/mol. The van der Waals surface area contributed by atoms with Crippen LogP contribution in [-0.4, -0.2) is 23.8 Å². The van der Waals surface area contributed by atoms with Crippen molar-refractivity contribution < 1.29 is 4.74 Å². The molecule has 0 aliphatic carbocycles. The molecule has 0 saturated carbocycles. The molecule has 3 nitrogen and oxygen atoms in total. The number of benzene rings is 2. The van der Waals surface area contributed by atoms with Crippen molar-refractivity contribution in [2.75, 3.05) is 13.2 Å². The molecule has 3 aromatic rings. The Labute approximate surface area is 153 Å². The number of para-hydroxylation sites is 1. The van der Waals surface area contributed by atoms with E-state index in [4.69, 9.17) is 16.3 Å². The van der Waals surface area contributed by atoms with Crippen LogP contribution in [0.25, 0.3) is 10.9 Å². The molecule has 4 rings (SSSR count). The highest BCUT2D eigenvalue weighted by Crippen LogP contribution is 2.23. The first kappa shape index (κ1) is 16.6. The van der Waals surface area contributed by atoms with Gasteiger partial charge in [0.15, 0.2) is 0 Å². The molecule has 1 aliphatic rings. The second-order valence-corrected chi connectivity index (χ2v) is 7.13. The van der Waals surface area contributed by atoms with Crippen molar-refractivity contribution >= 4 is 22.5 Å². The highest BCUT2D eigenvalue weighted by molar-refractivity contribution is 6.30. The Morgan fingerprint density at radius 2 is 1.96 bits per heavy atom. The molecule has 2 heterocycles. The van der Waals surface area contributed by atoms with Crippen LogP contribution < -0.4 is 5.32 Å². The summed E-state index contributed by atoms with van der Waals surface area (Å²) in [4.78, 5) is 0. The Bertz CT molecular complexity index is 835. The Kier molecular flexibility index (Phi) is 5.07. The summed E-state index contributed by atoms with van der Waals surface area (Å²) in [7, 11) is 0. The molecule has 1 atom stereocenters. The van der Waals surface area contributed by atoms with Gasteiger partial charge < -0.3 is 14.6 Å². The van der Waals surface area contributed by atoms with Crippen molar-refractivity contribution in [3.63, 3.8) is 0 Å². The van der Waals surface area contributed by atoms with Crippen LogP contribution >= 0.6 is 11.6 Å². The number of hydrogen-bond acceptors (Lipinski definition) is 2. The summed E-state index contributed by atoms with van der Waals surface area (Å²) in [6.45, 7) is 3.56. The normalized spacial score (nSPS) is 17.4. The predicted octanol–water partition coefficient (Wildman–Crippen LogP) is 4.61. The fourth-order valence-corrected chi connectivity index (χ4v) is 3.68. The van der Waals surface area contributed by atoms with Crippen LogP contribution in [0.3, 0.4) is 0 Å². The largest absolute Gasteiger partial charge is 0.377 e. The molecule has 4 heteroatoms. The van der Waals surface area contributed by atoms with E-state index in [1.165, 1.54) is 34.9 Å². The van der Waals surface area contributed by atoms with E-state index in [0.29, 0.717) is 6.10 Å². The first-order chi connectivity index (χ1) is 12.3. The van der Waals surface area contributed by atoms with E-state index in [9.17, 15) is 0 Å². The smallest absolute Gasteiger partial charge is 0.0700 e. The standard InChI is InChI=1S/C21H23ClN2O/c22-18-9-7-16(8-10-18)14-24-15-17(20-5-1-2-6-21(20)24)12-23-13-19-4-3-11-25-19/h1-2,5-10,15,19,23H,3-4,11-14H2/t19-/m1/s1. The Balaban J connectivity index is 1.52. The average molecular weight is 355 g/mol. The summed E-state index contributed by atoms with van der Waals surface area (Å²) in [5.74, 6) is 0. The van der Waals surface area contributed by atoms with Gasteiger partial charge in [-0.3, -0.25) is 0 Å². The Morgan fingerprint density at radius 1 is 1.12 bits per heavy atom. The van der Waals surface area contributed by atoms with Gasteiger partial charge in [-0.1, -0.05) is 41.9 Å². The van der Waals surface area contributed by atoms with Crippen molar-refractivity contribution in [3.8, 4) is 0 Å². The van der Waals surface area contributed by atoms with Gasteiger partial charge in [-0.15, -0.1) is 0 Å². The van der Waals surface area contributed by atoms with E-state index in [1.807, 2.05) is 12.1 Å². The minimum atomic E-state index is 0.377. The lowest BCUT2D eigenvalue weighted by molar-refractivity contribution is 0.110. The van der Waals surface area contributed by atoms with E-state index in [1.54, 1.807) is 0 Å². The molecular formula is C21H23ClN2O. The SMILES string of the molecule is Clc1ccc(Cn2cc(CNC[C@H]3CCCO3)c3ccccc32)cc1. The minimum Gasteiger partial charge on any atom is -0.377 e. The molecule has 0 bridgehead atoms. The maximum Gasteiger partial charge on any atom is 0.0700 e. The van der Waals surface area contributed by atoms with E-state index >= 15 is 0 Å². The first-order valence-corrected chi connectivity index (χ1v) is 9.31. The number of hydrogen-bond donors (Lipinski definition) is 1. The maximum atomic E-state index is 6.00. The second-order valence-electron chi connectivity index (χ2n) is 6.69. The lowest BCUT2D eigenvalue weighted by Crippen LogP contribution is -2.25. The Hall–Kier alpha value is -1.81. The van der Waals surface area contributed by atoms with Gasteiger partial charge in [0.1, 0.15) is 0 Å². The zero-order chi connectivity index (χ0) is 17.1. The highest BCUT2D eigenvalue weighted by atomic mass is 35.5. The van der Waals surface area contributed by atoms with Gasteiger partial charge in [0.2, 0.25) is 0 Å². The van der Waals surface area contributed by atoms with Crippen LogP contribution in [-0.2, 0) is 17.8 Å². The van der Waals surface area contributed by atoms with Crippen LogP contribution in [0, 0.1) is 0 Å². The van der Waals surface area contributed by atoms with Gasteiger partial charge in [-0.25, -0.2) is 0 Å². The molecule has 0 radical (unpaired) electrons. The molecule has 130 valence electrons. The summed E-state index contributed by atoms with van der Waals surface area (Å²) >= 11 is 6.00. The quantitative estimate of drug-likeness (QED) is 0.699. The summed E-state index contributed by atoms with van der Waals surface area (Å²) < 4.78 is 8.01. The average Bonchev–Trinajstić information content (AvgIpc) is 3.26. The van der Waals surface area contributed by atoms with Gasteiger partial charge in [0.25, 0.3) is 0 Å². The topological polar surface area (TPSA) is 26.2 Å². The van der Waals surface area contributed by atoms with Crippen molar-refractivity contribution in [2.45, 2.75) is 32.0 Å². The Morgan fingerprint density at radius 3 is 2.76 bits per heavy atom. The van der Waals surface area contributed by atoms with Gasteiger partial charge in [-0.2, -0.15) is 0 Å². The highest BCUT2D eigenvalue weighted by Gasteiger charge is 2.15. The molecule has 0 spiro atoms. The van der Waals surface area contributed by atoms with Gasteiger partial charge in [0.05, 0.1) is 6.10 Å². The number of fused-ring (bicyclic) bond motifs is 1. The number of rotatable bonds is 6. The zero-order valence-electron chi connectivity index (χ0n) is 14.2. The van der Waals surface area contributed by atoms with Gasteiger partial charge >= 0.3 is 0 Å². The van der Waals surface area contributed by atoms with Crippen molar-refractivity contribution in [1.82, 2.24) is 9.88 Å². The third-order valence-corrected chi connectivity index (χ3v) is 5.10. The van der Waals surface area contributed by atoms with Gasteiger partial charge in [-0.05, 0) is 42.2 Å². The zero-order valence-corrected chi connectivity index (χ0v) is 15.0. The molecule has 0 unspecified atom stereocenters. The summed E-state index contributed by atoms with van der Waals surface area (Å²) in [6.07, 6.45) is 5.00. The van der Waals surface area contributed by atoms with Crippen LogP contribution in [0.1, 0.15) is 24.0 Å². The number of ether oxygens (including phenoxy) is 1. The summed E-state index contributed by atoms with van der Waals surface area (Å²) in [6, 6.07) is 16.7.